The van der Waals surface area contributed by atoms with Crippen molar-refractivity contribution in [2.24, 2.45) is 0 Å². The minimum Gasteiger partial charge on any atom is -0.276 e. The fraction of sp³-hybridized carbons (Fsp3) is 0.833. The van der Waals surface area contributed by atoms with Crippen LogP contribution in [0.5, 0.6) is 0 Å². The number of carbonyl (C=O) groups is 2. The molecule has 38 heavy (non-hydrogen) atoms. The van der Waals surface area contributed by atoms with Crippen LogP contribution in [0.3, 0.4) is 0 Å². The van der Waals surface area contributed by atoms with Crippen molar-refractivity contribution in [3.63, 3.8) is 0 Å². The molecular formula is C12Cl6F16O4. The van der Waals surface area contributed by atoms with E-state index in [4.69, 9.17) is 0 Å². The lowest BCUT2D eigenvalue weighted by Crippen LogP contribution is -2.71. The van der Waals surface area contributed by atoms with Gasteiger partial charge in [0, 0.05) is 0 Å². The van der Waals surface area contributed by atoms with Crippen molar-refractivity contribution in [3.8, 4) is 0 Å². The molecule has 0 rings (SSSR count). The molecule has 0 saturated heterocycles. The SMILES string of the molecule is O=C(Cl)C(Cl)(OOC(Cl)(C(=O)Cl)C(F)(F)C(F)(Cl)C(F)(F)C(F)(F)F)C(F)(F)C(F)(Cl)C(F)(F)C(F)(F)F. The molecule has 0 aromatic rings. The number of rotatable bonds is 11. The molecule has 0 spiro atoms. The van der Waals surface area contributed by atoms with Gasteiger partial charge in [0.15, 0.2) is 0 Å². The van der Waals surface area contributed by atoms with Gasteiger partial charge in [-0.1, -0.05) is 46.4 Å². The van der Waals surface area contributed by atoms with Crippen LogP contribution in [-0.4, -0.2) is 66.9 Å². The van der Waals surface area contributed by atoms with Crippen LogP contribution in [0, 0.1) is 0 Å². The third-order valence-corrected chi connectivity index (χ3v) is 6.49. The zero-order chi connectivity index (χ0) is 31.6. The van der Waals surface area contributed by atoms with Crippen molar-refractivity contribution in [1.29, 1.82) is 0 Å². The number of halogens is 22. The zero-order valence-electron chi connectivity index (χ0n) is 15.9. The highest BCUT2D eigenvalue weighted by Crippen LogP contribution is 2.62. The molecule has 0 aromatic heterocycles. The summed E-state index contributed by atoms with van der Waals surface area (Å²) in [7, 11) is 0. The van der Waals surface area contributed by atoms with Gasteiger partial charge in [0.25, 0.3) is 10.5 Å². The summed E-state index contributed by atoms with van der Waals surface area (Å²) in [5, 5.41) is -32.9. The lowest BCUT2D eigenvalue weighted by atomic mass is 10.0. The monoisotopic (exact) mass is 722 g/mol. The smallest absolute Gasteiger partial charge is 0.276 e. The highest BCUT2D eigenvalue weighted by Gasteiger charge is 2.88. The Morgan fingerprint density at radius 1 is 0.421 bits per heavy atom. The molecule has 0 aromatic carbocycles. The van der Waals surface area contributed by atoms with Gasteiger partial charge in [-0.25, -0.2) is 8.78 Å². The van der Waals surface area contributed by atoms with Crippen LogP contribution < -0.4 is 0 Å². The average Bonchev–Trinajstić information content (AvgIpc) is 2.68. The lowest BCUT2D eigenvalue weighted by Gasteiger charge is -2.43. The first-order valence-corrected chi connectivity index (χ1v) is 9.91. The van der Waals surface area contributed by atoms with Crippen LogP contribution in [0.25, 0.3) is 0 Å². The number of carbonyl (C=O) groups excluding carboxylic acids is 2. The lowest BCUT2D eigenvalue weighted by molar-refractivity contribution is -0.436. The fourth-order valence-electron chi connectivity index (χ4n) is 1.69. The molecule has 0 bridgehead atoms. The molecular weight excluding hydrogens is 725 g/mol. The van der Waals surface area contributed by atoms with E-state index in [9.17, 15) is 79.8 Å². The summed E-state index contributed by atoms with van der Waals surface area (Å²) in [5.74, 6) is -29.4. The van der Waals surface area contributed by atoms with E-state index in [2.05, 4.69) is 79.4 Å². The Hall–Kier alpha value is -0.120. The molecule has 0 fully saturated rings. The van der Waals surface area contributed by atoms with Crippen molar-refractivity contribution in [1.82, 2.24) is 0 Å². The summed E-state index contributed by atoms with van der Waals surface area (Å²) < 4.78 is 213. The molecule has 4 nitrogen and oxygen atoms in total. The Labute approximate surface area is 226 Å². The average molecular weight is 725 g/mol. The second-order valence-corrected chi connectivity index (χ2v) is 9.14. The Kier molecular flexibility index (Phi) is 10.3. The van der Waals surface area contributed by atoms with Crippen molar-refractivity contribution in [3.05, 3.63) is 0 Å². The van der Waals surface area contributed by atoms with Crippen molar-refractivity contribution >= 4 is 80.1 Å². The summed E-state index contributed by atoms with van der Waals surface area (Å²) >= 11 is 25.6. The second-order valence-electron chi connectivity index (χ2n) is 6.35. The maximum Gasteiger partial charge on any atom is 0.458 e. The predicted molar refractivity (Wildman–Crippen MR) is 92.3 cm³/mol. The van der Waals surface area contributed by atoms with Crippen molar-refractivity contribution < 1.29 is 89.6 Å². The summed E-state index contributed by atoms with van der Waals surface area (Å²) in [6.07, 6.45) is -14.8. The van der Waals surface area contributed by atoms with Crippen molar-refractivity contribution in [2.75, 3.05) is 0 Å². The van der Waals surface area contributed by atoms with E-state index in [0.717, 1.165) is 0 Å². The highest BCUT2D eigenvalue weighted by atomic mass is 35.5. The normalized spacial score (nSPS) is 21.1. The van der Waals surface area contributed by atoms with E-state index in [1.54, 1.807) is 0 Å². The van der Waals surface area contributed by atoms with E-state index in [0.29, 0.717) is 0 Å². The third-order valence-electron chi connectivity index (χ3n) is 3.87. The number of alkyl halides is 20. The van der Waals surface area contributed by atoms with Crippen LogP contribution in [0.1, 0.15) is 0 Å². The Morgan fingerprint density at radius 3 is 0.737 bits per heavy atom. The molecule has 0 amide bonds. The van der Waals surface area contributed by atoms with Crippen LogP contribution in [0.4, 0.5) is 70.2 Å². The maximum atomic E-state index is 14.3. The Balaban J connectivity index is 7.01. The summed E-state index contributed by atoms with van der Waals surface area (Å²) in [5.41, 5.74) is 0. The molecule has 226 valence electrons. The van der Waals surface area contributed by atoms with E-state index in [1.165, 1.54) is 0 Å². The fourth-order valence-corrected chi connectivity index (χ4v) is 2.89. The van der Waals surface area contributed by atoms with Gasteiger partial charge < -0.3 is 0 Å². The molecule has 0 aliphatic carbocycles. The topological polar surface area (TPSA) is 52.6 Å². The predicted octanol–water partition coefficient (Wildman–Crippen LogP) is 7.81. The van der Waals surface area contributed by atoms with E-state index in [1.807, 2.05) is 0 Å². The van der Waals surface area contributed by atoms with Gasteiger partial charge in [-0.3, -0.25) is 9.59 Å². The van der Waals surface area contributed by atoms with Gasteiger partial charge >= 0.3 is 56.4 Å². The zero-order valence-corrected chi connectivity index (χ0v) is 20.5. The summed E-state index contributed by atoms with van der Waals surface area (Å²) in [4.78, 5) is 28.1. The number of hydrogen-bond acceptors (Lipinski definition) is 4. The highest BCUT2D eigenvalue weighted by molar-refractivity contribution is 6.71. The molecule has 0 heterocycles. The largest absolute Gasteiger partial charge is 0.458 e. The van der Waals surface area contributed by atoms with E-state index in [-0.39, 0.29) is 0 Å². The quantitative estimate of drug-likeness (QED) is 0.0718. The van der Waals surface area contributed by atoms with Crippen LogP contribution in [0.15, 0.2) is 0 Å². The molecule has 0 radical (unpaired) electrons. The molecule has 0 aliphatic heterocycles. The molecule has 0 saturated carbocycles. The van der Waals surface area contributed by atoms with Gasteiger partial charge in [0.2, 0.25) is 0 Å². The Morgan fingerprint density at radius 2 is 0.605 bits per heavy atom. The molecule has 26 heteroatoms. The van der Waals surface area contributed by atoms with E-state index >= 15 is 0 Å². The molecule has 0 N–H and O–H groups in total. The first kappa shape index (κ1) is 37.9. The summed E-state index contributed by atoms with van der Waals surface area (Å²) in [6.45, 7) is 0. The van der Waals surface area contributed by atoms with Gasteiger partial charge in [0.1, 0.15) is 0 Å². The molecule has 4 atom stereocenters. The first-order chi connectivity index (χ1) is 16.1. The van der Waals surface area contributed by atoms with Gasteiger partial charge in [-0.05, 0) is 23.2 Å². The summed E-state index contributed by atoms with van der Waals surface area (Å²) in [6, 6.07) is 0. The van der Waals surface area contributed by atoms with Gasteiger partial charge in [-0.2, -0.15) is 71.2 Å². The van der Waals surface area contributed by atoms with Crippen LogP contribution in [-0.2, 0) is 19.4 Å². The number of hydrogen-bond donors (Lipinski definition) is 0. The third kappa shape index (κ3) is 5.29. The molecule has 0 aliphatic rings. The van der Waals surface area contributed by atoms with E-state index < -0.39 is 66.9 Å². The standard InChI is InChI=1S/C12Cl6F16O4/c13-1(35)3(15,7(21,22)5(17,19)9(25,26)11(29,30)31)37-38-4(16,2(14)36)8(23,24)6(18,20)10(27,28)12(32,33)34. The van der Waals surface area contributed by atoms with Crippen LogP contribution >= 0.6 is 69.6 Å². The van der Waals surface area contributed by atoms with Gasteiger partial charge in [0.05, 0.1) is 0 Å². The molecule has 4 unspecified atom stereocenters. The van der Waals surface area contributed by atoms with Crippen LogP contribution in [0.2, 0.25) is 0 Å². The maximum absolute atomic E-state index is 14.3. The second kappa shape index (κ2) is 10.3. The first-order valence-electron chi connectivity index (χ1n) is 7.64. The minimum absolute atomic E-state index is 2.80. The minimum atomic E-state index is -7.48. The van der Waals surface area contributed by atoms with Crippen molar-refractivity contribution in [2.45, 2.75) is 56.4 Å². The Bertz CT molecular complexity index is 863. The van der Waals surface area contributed by atoms with Gasteiger partial charge in [-0.15, -0.1) is 0 Å².